The first-order valence-electron chi connectivity index (χ1n) is 12.6. The molecule has 3 heterocycles. The number of hydrogen-bond donors (Lipinski definition) is 1. The highest BCUT2D eigenvalue weighted by Crippen LogP contribution is 2.29. The summed E-state index contributed by atoms with van der Waals surface area (Å²) in [5.74, 6) is -0.0435. The Morgan fingerprint density at radius 3 is 2.53 bits per heavy atom. The number of likely N-dealkylation sites (tertiary alicyclic amines) is 1. The monoisotopic (exact) mass is 555 g/mol. The van der Waals surface area contributed by atoms with Crippen molar-refractivity contribution in [2.24, 2.45) is 5.92 Å². The van der Waals surface area contributed by atoms with E-state index in [1.54, 1.807) is 27.7 Å². The Morgan fingerprint density at radius 2 is 1.82 bits per heavy atom. The van der Waals surface area contributed by atoms with Crippen LogP contribution in [0.2, 0.25) is 10.0 Å². The lowest BCUT2D eigenvalue weighted by Gasteiger charge is -2.31. The summed E-state index contributed by atoms with van der Waals surface area (Å²) in [5.41, 5.74) is 3.10. The second kappa shape index (κ2) is 11.2. The van der Waals surface area contributed by atoms with Gasteiger partial charge in [-0.25, -0.2) is 4.39 Å². The zero-order valence-corrected chi connectivity index (χ0v) is 22.5. The third-order valence-corrected chi connectivity index (χ3v) is 7.70. The van der Waals surface area contributed by atoms with Gasteiger partial charge in [-0.15, -0.1) is 0 Å². The molecule has 0 atom stereocenters. The Balaban J connectivity index is 1.24. The smallest absolute Gasteiger partial charge is 0.270 e. The average Bonchev–Trinajstić information content (AvgIpc) is 3.43. The quantitative estimate of drug-likeness (QED) is 0.293. The van der Waals surface area contributed by atoms with E-state index in [0.29, 0.717) is 70.6 Å². The highest BCUT2D eigenvalue weighted by atomic mass is 35.5. The van der Waals surface area contributed by atoms with Crippen LogP contribution >= 0.6 is 23.2 Å². The average molecular weight is 556 g/mol. The molecule has 0 radical (unpaired) electrons. The van der Waals surface area contributed by atoms with Crippen molar-refractivity contribution in [3.05, 3.63) is 93.0 Å². The van der Waals surface area contributed by atoms with Crippen LogP contribution in [0.4, 0.5) is 4.39 Å². The zero-order valence-electron chi connectivity index (χ0n) is 21.0. The molecule has 0 spiro atoms. The van der Waals surface area contributed by atoms with Crippen LogP contribution in [0.1, 0.15) is 40.2 Å². The summed E-state index contributed by atoms with van der Waals surface area (Å²) in [5, 5.41) is 4.00. The second-order valence-corrected chi connectivity index (χ2v) is 10.5. The third-order valence-electron chi connectivity index (χ3n) is 7.09. The van der Waals surface area contributed by atoms with Crippen LogP contribution < -0.4 is 5.32 Å². The number of fused-ring (bicyclic) bond motifs is 1. The fraction of sp³-hybridized carbons (Fsp3) is 0.310. The van der Waals surface area contributed by atoms with Crippen LogP contribution in [0.15, 0.2) is 59.0 Å². The van der Waals surface area contributed by atoms with Gasteiger partial charge in [-0.05, 0) is 56.0 Å². The number of carbonyl (C=O) groups excluding carboxylic acids is 2. The number of rotatable bonds is 7. The molecule has 1 saturated heterocycles. The first-order chi connectivity index (χ1) is 18.3. The van der Waals surface area contributed by atoms with Gasteiger partial charge in [0.15, 0.2) is 5.58 Å². The summed E-state index contributed by atoms with van der Waals surface area (Å²) in [6.07, 6.45) is 1.88. The third kappa shape index (κ3) is 5.59. The molecule has 198 valence electrons. The molecular weight excluding hydrogens is 528 g/mol. The summed E-state index contributed by atoms with van der Waals surface area (Å²) in [6.45, 7) is 3.39. The van der Waals surface area contributed by atoms with Crippen LogP contribution in [0.3, 0.4) is 0 Å². The van der Waals surface area contributed by atoms with Gasteiger partial charge in [-0.3, -0.25) is 9.59 Å². The summed E-state index contributed by atoms with van der Waals surface area (Å²) in [4.78, 5) is 28.1. The second-order valence-electron chi connectivity index (χ2n) is 9.66. The molecule has 2 aromatic heterocycles. The Kier molecular flexibility index (Phi) is 7.77. The lowest BCUT2D eigenvalue weighted by molar-refractivity contribution is -0.126. The van der Waals surface area contributed by atoms with Crippen molar-refractivity contribution in [3.63, 3.8) is 0 Å². The predicted octanol–water partition coefficient (Wildman–Crippen LogP) is 6.25. The molecule has 5 rings (SSSR count). The van der Waals surface area contributed by atoms with E-state index in [1.807, 2.05) is 37.3 Å². The number of nitrogens with zero attached hydrogens (tertiary/aromatic N) is 2. The molecule has 1 fully saturated rings. The molecule has 0 bridgehead atoms. The van der Waals surface area contributed by atoms with Crippen molar-refractivity contribution in [1.29, 1.82) is 0 Å². The van der Waals surface area contributed by atoms with Crippen LogP contribution in [0.25, 0.3) is 11.1 Å². The maximum absolute atomic E-state index is 14.6. The van der Waals surface area contributed by atoms with E-state index >= 15 is 0 Å². The molecule has 4 aromatic rings. The molecule has 0 aliphatic carbocycles. The van der Waals surface area contributed by atoms with Gasteiger partial charge in [0.05, 0.1) is 12.1 Å². The van der Waals surface area contributed by atoms with Gasteiger partial charge in [0.2, 0.25) is 5.91 Å². The van der Waals surface area contributed by atoms with E-state index in [2.05, 4.69) is 5.32 Å². The molecule has 2 amide bonds. The number of furan rings is 1. The van der Waals surface area contributed by atoms with E-state index < -0.39 is 5.82 Å². The molecular formula is C29H28Cl2FN3O3. The molecule has 9 heteroatoms. The minimum Gasteiger partial charge on any atom is -0.460 e. The number of hydrogen-bond acceptors (Lipinski definition) is 3. The largest absolute Gasteiger partial charge is 0.460 e. The number of aromatic nitrogens is 1. The van der Waals surface area contributed by atoms with E-state index in [0.717, 1.165) is 12.0 Å². The van der Waals surface area contributed by atoms with Crippen LogP contribution in [-0.4, -0.2) is 40.9 Å². The maximum Gasteiger partial charge on any atom is 0.270 e. The SMILES string of the molecule is Cc1cc2c(cc(C(=O)N3CCC(C(=O)NCCc4ccc(Cl)cc4)CC3)n2Cc2c(F)cccc2Cl)o1. The number of amides is 2. The lowest BCUT2D eigenvalue weighted by Crippen LogP contribution is -2.43. The molecule has 1 aliphatic rings. The first kappa shape index (κ1) is 26.3. The number of aryl methyl sites for hydroxylation is 1. The van der Waals surface area contributed by atoms with Gasteiger partial charge in [0.1, 0.15) is 17.3 Å². The Morgan fingerprint density at radius 1 is 1.08 bits per heavy atom. The topological polar surface area (TPSA) is 67.5 Å². The summed E-state index contributed by atoms with van der Waals surface area (Å²) in [6, 6.07) is 15.7. The molecule has 2 aromatic carbocycles. The van der Waals surface area contributed by atoms with Gasteiger partial charge < -0.3 is 19.2 Å². The van der Waals surface area contributed by atoms with Crippen LogP contribution in [0, 0.1) is 18.7 Å². The standard InChI is InChI=1S/C29H28Cl2FN3O3/c1-18-15-25-27(38-18)16-26(35(25)17-22-23(31)3-2-4-24(22)32)29(37)34-13-10-20(11-14-34)28(36)33-12-9-19-5-7-21(30)8-6-19/h2-8,15-16,20H,9-14,17H2,1H3,(H,33,36). The Hall–Kier alpha value is -3.29. The minimum absolute atomic E-state index is 0.0108. The van der Waals surface area contributed by atoms with E-state index in [4.69, 9.17) is 27.6 Å². The number of nitrogens with one attached hydrogen (secondary N) is 1. The summed E-state index contributed by atoms with van der Waals surface area (Å²) < 4.78 is 22.1. The lowest BCUT2D eigenvalue weighted by atomic mass is 9.95. The van der Waals surface area contributed by atoms with Crippen molar-refractivity contribution in [3.8, 4) is 0 Å². The summed E-state index contributed by atoms with van der Waals surface area (Å²) in [7, 11) is 0. The molecule has 1 N–H and O–H groups in total. The van der Waals surface area contributed by atoms with Crippen LogP contribution in [-0.2, 0) is 17.8 Å². The number of halogens is 3. The number of piperidine rings is 1. The normalized spacial score (nSPS) is 14.3. The van der Waals surface area contributed by atoms with Crippen molar-refractivity contribution in [2.45, 2.75) is 32.7 Å². The first-order valence-corrected chi connectivity index (χ1v) is 13.4. The number of benzene rings is 2. The minimum atomic E-state index is -0.430. The molecule has 0 unspecified atom stereocenters. The molecule has 1 aliphatic heterocycles. The van der Waals surface area contributed by atoms with Crippen molar-refractivity contribution in [1.82, 2.24) is 14.8 Å². The molecule has 38 heavy (non-hydrogen) atoms. The maximum atomic E-state index is 14.6. The van der Waals surface area contributed by atoms with Gasteiger partial charge in [0.25, 0.3) is 5.91 Å². The van der Waals surface area contributed by atoms with Crippen molar-refractivity contribution in [2.75, 3.05) is 19.6 Å². The van der Waals surface area contributed by atoms with Gasteiger partial charge >= 0.3 is 0 Å². The van der Waals surface area contributed by atoms with Crippen molar-refractivity contribution < 1.29 is 18.4 Å². The van der Waals surface area contributed by atoms with E-state index in [-0.39, 0.29) is 24.3 Å². The Bertz CT molecular complexity index is 1450. The van der Waals surface area contributed by atoms with Gasteiger partial charge in [-0.2, -0.15) is 0 Å². The van der Waals surface area contributed by atoms with Crippen LogP contribution in [0.5, 0.6) is 0 Å². The zero-order chi connectivity index (χ0) is 26.8. The fourth-order valence-corrected chi connectivity index (χ4v) is 5.34. The fourth-order valence-electron chi connectivity index (χ4n) is 4.99. The van der Waals surface area contributed by atoms with Gasteiger partial charge in [-0.1, -0.05) is 41.4 Å². The highest BCUT2D eigenvalue weighted by molar-refractivity contribution is 6.31. The predicted molar refractivity (Wildman–Crippen MR) is 146 cm³/mol. The number of carbonyl (C=O) groups is 2. The molecule has 6 nitrogen and oxygen atoms in total. The highest BCUT2D eigenvalue weighted by Gasteiger charge is 2.30. The van der Waals surface area contributed by atoms with Gasteiger partial charge in [0, 0.05) is 53.3 Å². The Labute approximate surface area is 230 Å². The van der Waals surface area contributed by atoms with E-state index in [9.17, 15) is 14.0 Å². The van der Waals surface area contributed by atoms with E-state index in [1.165, 1.54) is 6.07 Å². The van der Waals surface area contributed by atoms with Crippen molar-refractivity contribution >= 4 is 46.1 Å². The summed E-state index contributed by atoms with van der Waals surface area (Å²) >= 11 is 12.2. The molecule has 0 saturated carbocycles.